The van der Waals surface area contributed by atoms with Gasteiger partial charge in [0.2, 0.25) is 0 Å². The van der Waals surface area contributed by atoms with Crippen LogP contribution in [0.2, 0.25) is 0 Å². The van der Waals surface area contributed by atoms with Crippen LogP contribution in [-0.2, 0) is 6.54 Å². The van der Waals surface area contributed by atoms with Crippen LogP contribution in [0.1, 0.15) is 17.3 Å². The second-order valence-electron chi connectivity index (χ2n) is 4.70. The molecule has 19 heavy (non-hydrogen) atoms. The number of allylic oxidation sites excluding steroid dienone is 1. The number of hydrogen-bond donors (Lipinski definition) is 0. The van der Waals surface area contributed by atoms with Gasteiger partial charge in [0.05, 0.1) is 0 Å². The van der Waals surface area contributed by atoms with Gasteiger partial charge in [-0.1, -0.05) is 24.3 Å². The summed E-state index contributed by atoms with van der Waals surface area (Å²) in [5.74, 6) is 0.0995. The summed E-state index contributed by atoms with van der Waals surface area (Å²) in [5.41, 5.74) is 3.08. The fourth-order valence-electron chi connectivity index (χ4n) is 2.60. The molecule has 3 rings (SSSR count). The maximum absolute atomic E-state index is 11.5. The first-order chi connectivity index (χ1) is 9.22. The number of fused-ring (bicyclic) bond motifs is 3. The van der Waals surface area contributed by atoms with Crippen molar-refractivity contribution >= 4 is 27.6 Å². The molecule has 1 aromatic heterocycles. The molecule has 0 aliphatic carbocycles. The number of Topliss-reactive ketones (excluding diaryl/α,β-unsaturated/α-hetero) is 1. The van der Waals surface area contributed by atoms with Gasteiger partial charge < -0.3 is 4.57 Å². The number of aromatic nitrogens is 1. The first-order valence-electron chi connectivity index (χ1n) is 6.35. The van der Waals surface area contributed by atoms with Crippen LogP contribution in [0.3, 0.4) is 0 Å². The maximum atomic E-state index is 11.5. The van der Waals surface area contributed by atoms with E-state index in [2.05, 4.69) is 23.3 Å². The van der Waals surface area contributed by atoms with Gasteiger partial charge in [-0.05, 0) is 31.2 Å². The number of carbonyl (C=O) groups excluding carboxylic acids is 1. The molecule has 0 atom stereocenters. The summed E-state index contributed by atoms with van der Waals surface area (Å²) in [5, 5.41) is 2.31. The van der Waals surface area contributed by atoms with E-state index in [-0.39, 0.29) is 5.78 Å². The van der Waals surface area contributed by atoms with Gasteiger partial charge in [-0.25, -0.2) is 0 Å². The molecule has 0 bridgehead atoms. The largest absolute Gasteiger partial charge is 0.337 e. The molecular weight excluding hydrogens is 234 g/mol. The Kier molecular flexibility index (Phi) is 2.71. The van der Waals surface area contributed by atoms with Gasteiger partial charge in [-0.3, -0.25) is 4.79 Å². The van der Waals surface area contributed by atoms with Crippen molar-refractivity contribution in [3.8, 4) is 0 Å². The van der Waals surface area contributed by atoms with Crippen LogP contribution in [0.5, 0.6) is 0 Å². The minimum absolute atomic E-state index is 0.0995. The van der Waals surface area contributed by atoms with E-state index in [9.17, 15) is 4.79 Å². The first kappa shape index (κ1) is 11.7. The van der Waals surface area contributed by atoms with Gasteiger partial charge in [0, 0.05) is 33.9 Å². The molecular formula is C17H15NO. The number of nitrogens with zero attached hydrogens (tertiary/aromatic N) is 1. The molecule has 0 saturated heterocycles. The standard InChI is InChI=1S/C17H15NO/c1-3-10-18-16-7-5-4-6-14(16)15-11-13(12(2)19)8-9-17(15)18/h3-9,11H,1,10H2,2H3. The molecule has 0 aliphatic heterocycles. The minimum Gasteiger partial charge on any atom is -0.337 e. The van der Waals surface area contributed by atoms with Gasteiger partial charge >= 0.3 is 0 Å². The van der Waals surface area contributed by atoms with E-state index < -0.39 is 0 Å². The summed E-state index contributed by atoms with van der Waals surface area (Å²) in [6, 6.07) is 14.2. The Labute approximate surface area is 112 Å². The highest BCUT2D eigenvalue weighted by atomic mass is 16.1. The van der Waals surface area contributed by atoms with Crippen molar-refractivity contribution < 1.29 is 4.79 Å². The van der Waals surface area contributed by atoms with E-state index >= 15 is 0 Å². The highest BCUT2D eigenvalue weighted by Gasteiger charge is 2.10. The summed E-state index contributed by atoms with van der Waals surface area (Å²) in [4.78, 5) is 11.5. The van der Waals surface area contributed by atoms with Crippen molar-refractivity contribution in [2.24, 2.45) is 0 Å². The van der Waals surface area contributed by atoms with Crippen molar-refractivity contribution in [3.05, 3.63) is 60.7 Å². The van der Waals surface area contributed by atoms with Crippen molar-refractivity contribution in [2.75, 3.05) is 0 Å². The number of hydrogen-bond acceptors (Lipinski definition) is 1. The number of benzene rings is 2. The lowest BCUT2D eigenvalue weighted by Crippen LogP contribution is -1.95. The smallest absolute Gasteiger partial charge is 0.159 e. The fraction of sp³-hybridized carbons (Fsp3) is 0.118. The molecule has 1 heterocycles. The zero-order valence-electron chi connectivity index (χ0n) is 10.9. The molecule has 0 spiro atoms. The number of para-hydroxylation sites is 1. The Morgan fingerprint density at radius 3 is 2.63 bits per heavy atom. The van der Waals surface area contributed by atoms with Crippen LogP contribution in [0.25, 0.3) is 21.8 Å². The van der Waals surface area contributed by atoms with E-state index in [4.69, 9.17) is 0 Å². The van der Waals surface area contributed by atoms with Crippen LogP contribution in [0.15, 0.2) is 55.1 Å². The Morgan fingerprint density at radius 1 is 1.16 bits per heavy atom. The lowest BCUT2D eigenvalue weighted by Gasteiger charge is -2.03. The zero-order valence-corrected chi connectivity index (χ0v) is 10.9. The van der Waals surface area contributed by atoms with Gasteiger partial charge in [0.15, 0.2) is 5.78 Å². The molecule has 2 heteroatoms. The highest BCUT2D eigenvalue weighted by Crippen LogP contribution is 2.29. The molecule has 0 aliphatic rings. The van der Waals surface area contributed by atoms with Crippen LogP contribution in [0, 0.1) is 0 Å². The monoisotopic (exact) mass is 249 g/mol. The van der Waals surface area contributed by atoms with Crippen molar-refractivity contribution in [3.63, 3.8) is 0 Å². The third-order valence-electron chi connectivity index (χ3n) is 3.49. The van der Waals surface area contributed by atoms with Crippen molar-refractivity contribution in [1.82, 2.24) is 4.57 Å². The number of rotatable bonds is 3. The summed E-state index contributed by atoms with van der Waals surface area (Å²) in [7, 11) is 0. The topological polar surface area (TPSA) is 22.0 Å². The molecule has 0 N–H and O–H groups in total. The van der Waals surface area contributed by atoms with E-state index in [1.54, 1.807) is 6.92 Å². The first-order valence-corrected chi connectivity index (χ1v) is 6.35. The number of carbonyl (C=O) groups is 1. The second kappa shape index (κ2) is 4.39. The van der Waals surface area contributed by atoms with E-state index in [1.807, 2.05) is 36.4 Å². The molecule has 94 valence electrons. The molecule has 0 radical (unpaired) electrons. The van der Waals surface area contributed by atoms with E-state index in [0.717, 1.165) is 23.0 Å². The van der Waals surface area contributed by atoms with Crippen molar-refractivity contribution in [1.29, 1.82) is 0 Å². The Hall–Kier alpha value is -2.35. The predicted octanol–water partition coefficient (Wildman–Crippen LogP) is 4.18. The fourth-order valence-corrected chi connectivity index (χ4v) is 2.60. The lowest BCUT2D eigenvalue weighted by molar-refractivity contribution is 0.101. The summed E-state index contributed by atoms with van der Waals surface area (Å²) < 4.78 is 2.22. The Bertz CT molecular complexity index is 795. The summed E-state index contributed by atoms with van der Waals surface area (Å²) in [6.07, 6.45) is 1.89. The van der Waals surface area contributed by atoms with Gasteiger partial charge in [-0.15, -0.1) is 6.58 Å². The maximum Gasteiger partial charge on any atom is 0.159 e. The molecule has 0 unspecified atom stereocenters. The van der Waals surface area contributed by atoms with E-state index in [1.165, 1.54) is 10.9 Å². The zero-order chi connectivity index (χ0) is 13.4. The third-order valence-corrected chi connectivity index (χ3v) is 3.49. The molecule has 0 saturated carbocycles. The van der Waals surface area contributed by atoms with Crippen LogP contribution < -0.4 is 0 Å². The Balaban J connectivity index is 2.45. The average molecular weight is 249 g/mol. The van der Waals surface area contributed by atoms with Gasteiger partial charge in [0.25, 0.3) is 0 Å². The second-order valence-corrected chi connectivity index (χ2v) is 4.70. The van der Waals surface area contributed by atoms with Gasteiger partial charge in [0.1, 0.15) is 0 Å². The predicted molar refractivity (Wildman–Crippen MR) is 79.6 cm³/mol. The summed E-state index contributed by atoms with van der Waals surface area (Å²) in [6.45, 7) is 6.19. The van der Waals surface area contributed by atoms with Gasteiger partial charge in [-0.2, -0.15) is 0 Å². The molecule has 0 fully saturated rings. The Morgan fingerprint density at radius 2 is 1.89 bits per heavy atom. The van der Waals surface area contributed by atoms with Crippen LogP contribution in [0.4, 0.5) is 0 Å². The van der Waals surface area contributed by atoms with Crippen LogP contribution >= 0.6 is 0 Å². The molecule has 0 amide bonds. The third kappa shape index (κ3) is 1.76. The number of ketones is 1. The lowest BCUT2D eigenvalue weighted by atomic mass is 10.1. The summed E-state index contributed by atoms with van der Waals surface area (Å²) >= 11 is 0. The van der Waals surface area contributed by atoms with E-state index in [0.29, 0.717) is 0 Å². The highest BCUT2D eigenvalue weighted by molar-refractivity contribution is 6.10. The minimum atomic E-state index is 0.0995. The molecule has 3 aromatic rings. The molecule has 2 aromatic carbocycles. The SMILES string of the molecule is C=CCn1c2ccccc2c2cc(C(C)=O)ccc21. The quantitative estimate of drug-likeness (QED) is 0.504. The molecule has 2 nitrogen and oxygen atoms in total. The normalized spacial score (nSPS) is 11.0. The van der Waals surface area contributed by atoms with Crippen molar-refractivity contribution in [2.45, 2.75) is 13.5 Å². The average Bonchev–Trinajstić information content (AvgIpc) is 2.74. The van der Waals surface area contributed by atoms with Crippen LogP contribution in [-0.4, -0.2) is 10.4 Å².